The number of aliphatic carboxylic acids is 1. The van der Waals surface area contributed by atoms with Gasteiger partial charge >= 0.3 is 5.97 Å². The van der Waals surface area contributed by atoms with Crippen molar-refractivity contribution in [2.24, 2.45) is 0 Å². The maximum atomic E-state index is 12.2. The fourth-order valence-electron chi connectivity index (χ4n) is 1.58. The molecule has 1 aromatic carbocycles. The molecule has 0 spiro atoms. The van der Waals surface area contributed by atoms with Crippen molar-refractivity contribution in [1.29, 1.82) is 0 Å². The molecule has 0 aliphatic heterocycles. The quantitative estimate of drug-likeness (QED) is 0.621. The summed E-state index contributed by atoms with van der Waals surface area (Å²) in [6, 6.07) is 7.15. The molecular weight excluding hydrogens is 298 g/mol. The molecule has 1 aromatic rings. The molecule has 4 nitrogen and oxygen atoms in total. The van der Waals surface area contributed by atoms with Crippen molar-refractivity contribution in [2.45, 2.75) is 17.1 Å². The van der Waals surface area contributed by atoms with Crippen molar-refractivity contribution < 1.29 is 14.7 Å². The highest BCUT2D eigenvalue weighted by atomic mass is 35.5. The second kappa shape index (κ2) is 7.97. The number of carboxylic acids is 1. The minimum atomic E-state index is -1.04. The van der Waals surface area contributed by atoms with Crippen LogP contribution in [0.2, 0.25) is 5.02 Å². The largest absolute Gasteiger partial charge is 0.480 e. The fourth-order valence-corrected chi connectivity index (χ4v) is 2.65. The predicted molar refractivity (Wildman–Crippen MR) is 81.2 cm³/mol. The zero-order valence-electron chi connectivity index (χ0n) is 11.1. The zero-order chi connectivity index (χ0) is 15.1. The smallest absolute Gasteiger partial charge is 0.323 e. The monoisotopic (exact) mass is 313 g/mol. The molecule has 1 N–H and O–H groups in total. The molecule has 0 fully saturated rings. The van der Waals surface area contributed by atoms with Crippen LogP contribution in [0.5, 0.6) is 0 Å². The first-order valence-electron chi connectivity index (χ1n) is 5.97. The van der Waals surface area contributed by atoms with Crippen LogP contribution in [0.25, 0.3) is 0 Å². The number of nitrogens with zero attached hydrogens (tertiary/aromatic N) is 1. The number of carbonyl (C=O) groups is 2. The molecule has 0 aromatic heterocycles. The Morgan fingerprint density at radius 1 is 1.45 bits per heavy atom. The van der Waals surface area contributed by atoms with E-state index in [9.17, 15) is 9.59 Å². The summed E-state index contributed by atoms with van der Waals surface area (Å²) in [5, 5.41) is 9.06. The van der Waals surface area contributed by atoms with E-state index in [-0.39, 0.29) is 24.2 Å². The standard InChI is InChI=1S/C14H16ClNO3S/c1-3-8-16(9-13(17)18)14(19)10(2)20-12-6-4-11(15)5-7-12/h3-7,10H,1,8-9H2,2H3,(H,17,18). The Labute approximate surface area is 127 Å². The van der Waals surface area contributed by atoms with Crippen molar-refractivity contribution in [2.75, 3.05) is 13.1 Å². The molecule has 108 valence electrons. The van der Waals surface area contributed by atoms with Crippen LogP contribution in [0.1, 0.15) is 6.92 Å². The second-order valence-electron chi connectivity index (χ2n) is 4.12. The molecule has 6 heteroatoms. The van der Waals surface area contributed by atoms with Crippen molar-refractivity contribution in [3.8, 4) is 0 Å². The molecular formula is C14H16ClNO3S. The van der Waals surface area contributed by atoms with E-state index in [1.807, 2.05) is 12.1 Å². The van der Waals surface area contributed by atoms with E-state index < -0.39 is 5.97 Å². The lowest BCUT2D eigenvalue weighted by Gasteiger charge is -2.22. The Morgan fingerprint density at radius 2 is 2.05 bits per heavy atom. The Balaban J connectivity index is 2.70. The summed E-state index contributed by atoms with van der Waals surface area (Å²) in [4.78, 5) is 25.1. The minimum absolute atomic E-state index is 0.219. The van der Waals surface area contributed by atoms with E-state index in [1.165, 1.54) is 22.7 Å². The topological polar surface area (TPSA) is 57.6 Å². The fraction of sp³-hybridized carbons (Fsp3) is 0.286. The van der Waals surface area contributed by atoms with E-state index in [0.717, 1.165) is 4.90 Å². The van der Waals surface area contributed by atoms with Gasteiger partial charge in [-0.15, -0.1) is 18.3 Å². The van der Waals surface area contributed by atoms with Crippen molar-refractivity contribution >= 4 is 35.2 Å². The number of carboxylic acid groups (broad SMARTS) is 1. The van der Waals surface area contributed by atoms with Crippen LogP contribution in [0, 0.1) is 0 Å². The normalized spacial score (nSPS) is 11.7. The Bertz CT molecular complexity index is 490. The molecule has 20 heavy (non-hydrogen) atoms. The summed E-state index contributed by atoms with van der Waals surface area (Å²) in [6.45, 7) is 5.18. The highest BCUT2D eigenvalue weighted by Gasteiger charge is 2.22. The molecule has 0 bridgehead atoms. The van der Waals surface area contributed by atoms with Crippen molar-refractivity contribution in [3.05, 3.63) is 41.9 Å². The van der Waals surface area contributed by atoms with Crippen LogP contribution in [0.4, 0.5) is 0 Å². The van der Waals surface area contributed by atoms with Gasteiger partial charge in [-0.3, -0.25) is 9.59 Å². The molecule has 0 radical (unpaired) electrons. The third-order valence-corrected chi connectivity index (χ3v) is 3.81. The van der Waals surface area contributed by atoms with Gasteiger partial charge in [0.2, 0.25) is 5.91 Å². The van der Waals surface area contributed by atoms with E-state index in [1.54, 1.807) is 19.1 Å². The zero-order valence-corrected chi connectivity index (χ0v) is 12.7. The van der Waals surface area contributed by atoms with Gasteiger partial charge in [-0.2, -0.15) is 0 Å². The third kappa shape index (κ3) is 5.27. The van der Waals surface area contributed by atoms with Gasteiger partial charge in [0.25, 0.3) is 0 Å². The predicted octanol–water partition coefficient (Wildman–Crippen LogP) is 2.92. The lowest BCUT2D eigenvalue weighted by Crippen LogP contribution is -2.40. The van der Waals surface area contributed by atoms with Crippen LogP contribution in [-0.4, -0.2) is 40.2 Å². The Kier molecular flexibility index (Phi) is 6.61. The van der Waals surface area contributed by atoms with E-state index >= 15 is 0 Å². The summed E-state index contributed by atoms with van der Waals surface area (Å²) in [5.41, 5.74) is 0. The van der Waals surface area contributed by atoms with Gasteiger partial charge in [-0.25, -0.2) is 0 Å². The molecule has 0 saturated carbocycles. The Morgan fingerprint density at radius 3 is 2.55 bits per heavy atom. The van der Waals surface area contributed by atoms with Crippen LogP contribution in [-0.2, 0) is 9.59 Å². The summed E-state index contributed by atoms with van der Waals surface area (Å²) in [5.74, 6) is -1.27. The second-order valence-corrected chi connectivity index (χ2v) is 5.97. The van der Waals surface area contributed by atoms with E-state index in [0.29, 0.717) is 5.02 Å². The van der Waals surface area contributed by atoms with Gasteiger partial charge in [-0.1, -0.05) is 17.7 Å². The maximum absolute atomic E-state index is 12.2. The molecule has 0 heterocycles. The lowest BCUT2D eigenvalue weighted by atomic mass is 10.3. The summed E-state index contributed by atoms with van der Waals surface area (Å²) >= 11 is 7.16. The first kappa shape index (κ1) is 16.6. The van der Waals surface area contributed by atoms with E-state index in [4.69, 9.17) is 16.7 Å². The first-order chi connectivity index (χ1) is 9.43. The molecule has 0 aliphatic rings. The van der Waals surface area contributed by atoms with Crippen LogP contribution < -0.4 is 0 Å². The van der Waals surface area contributed by atoms with Gasteiger partial charge in [0.15, 0.2) is 0 Å². The van der Waals surface area contributed by atoms with E-state index in [2.05, 4.69) is 6.58 Å². The van der Waals surface area contributed by atoms with Gasteiger partial charge in [0, 0.05) is 16.5 Å². The average Bonchev–Trinajstić information content (AvgIpc) is 2.39. The summed E-state index contributed by atoms with van der Waals surface area (Å²) in [7, 11) is 0. The highest BCUT2D eigenvalue weighted by Crippen LogP contribution is 2.25. The number of amides is 1. The SMILES string of the molecule is C=CCN(CC(=O)O)C(=O)C(C)Sc1ccc(Cl)cc1. The number of hydrogen-bond acceptors (Lipinski definition) is 3. The number of benzene rings is 1. The lowest BCUT2D eigenvalue weighted by molar-refractivity contribution is -0.143. The first-order valence-corrected chi connectivity index (χ1v) is 7.23. The van der Waals surface area contributed by atoms with Gasteiger partial charge in [0.05, 0.1) is 5.25 Å². The van der Waals surface area contributed by atoms with Gasteiger partial charge in [0.1, 0.15) is 6.54 Å². The minimum Gasteiger partial charge on any atom is -0.480 e. The number of hydrogen-bond donors (Lipinski definition) is 1. The van der Waals surface area contributed by atoms with Crippen molar-refractivity contribution in [1.82, 2.24) is 4.90 Å². The average molecular weight is 314 g/mol. The third-order valence-electron chi connectivity index (χ3n) is 2.46. The number of rotatable bonds is 7. The van der Waals surface area contributed by atoms with Crippen LogP contribution in [0.15, 0.2) is 41.8 Å². The number of halogens is 1. The molecule has 0 saturated heterocycles. The molecule has 1 amide bonds. The number of carbonyl (C=O) groups excluding carboxylic acids is 1. The molecule has 1 atom stereocenters. The highest BCUT2D eigenvalue weighted by molar-refractivity contribution is 8.00. The van der Waals surface area contributed by atoms with Gasteiger partial charge in [-0.05, 0) is 31.2 Å². The Hall–Kier alpha value is -1.46. The molecule has 0 aliphatic carbocycles. The maximum Gasteiger partial charge on any atom is 0.323 e. The summed E-state index contributed by atoms with van der Waals surface area (Å²) in [6.07, 6.45) is 1.51. The molecule has 1 rings (SSSR count). The van der Waals surface area contributed by atoms with Gasteiger partial charge < -0.3 is 10.0 Å². The van der Waals surface area contributed by atoms with Crippen LogP contribution >= 0.6 is 23.4 Å². The van der Waals surface area contributed by atoms with Crippen LogP contribution in [0.3, 0.4) is 0 Å². The number of thioether (sulfide) groups is 1. The molecule has 1 unspecified atom stereocenters. The van der Waals surface area contributed by atoms with Crippen molar-refractivity contribution in [3.63, 3.8) is 0 Å². The summed E-state index contributed by atoms with van der Waals surface area (Å²) < 4.78 is 0.